The summed E-state index contributed by atoms with van der Waals surface area (Å²) in [6, 6.07) is 30.6. The quantitative estimate of drug-likeness (QED) is 0.233. The molecule has 2 atom stereocenters. The predicted octanol–water partition coefficient (Wildman–Crippen LogP) is 6.03. The molecule has 0 amide bonds. The molecule has 5 nitrogen and oxygen atoms in total. The molecular formula is C32H36N2O3S. The summed E-state index contributed by atoms with van der Waals surface area (Å²) >= 11 is 0. The fourth-order valence-corrected chi connectivity index (χ4v) is 6.66. The number of ether oxygens (including phenoxy) is 1. The molecular weight excluding hydrogens is 492 g/mol. The van der Waals surface area contributed by atoms with Crippen LogP contribution in [-0.4, -0.2) is 34.7 Å². The van der Waals surface area contributed by atoms with Crippen molar-refractivity contribution in [3.05, 3.63) is 108 Å². The Labute approximate surface area is 226 Å². The van der Waals surface area contributed by atoms with E-state index in [0.717, 1.165) is 55.2 Å². The number of aryl methyl sites for hydroxylation is 1. The number of fused-ring (bicyclic) bond motifs is 2. The van der Waals surface area contributed by atoms with Crippen molar-refractivity contribution >= 4 is 20.8 Å². The first-order valence-electron chi connectivity index (χ1n) is 13.5. The molecule has 2 N–H and O–H groups in total. The number of rotatable bonds is 11. The second-order valence-corrected chi connectivity index (χ2v) is 11.8. The molecule has 0 spiro atoms. The van der Waals surface area contributed by atoms with Crippen molar-refractivity contribution in [2.75, 3.05) is 20.2 Å². The van der Waals surface area contributed by atoms with Crippen LogP contribution in [0.25, 0.3) is 10.8 Å². The van der Waals surface area contributed by atoms with E-state index in [9.17, 15) is 8.42 Å². The van der Waals surface area contributed by atoms with Gasteiger partial charge in [-0.1, -0.05) is 73.2 Å². The van der Waals surface area contributed by atoms with E-state index in [1.54, 1.807) is 19.2 Å². The van der Waals surface area contributed by atoms with Gasteiger partial charge in [0.1, 0.15) is 5.75 Å². The smallest absolute Gasteiger partial charge is 0.240 e. The molecule has 1 aliphatic rings. The molecule has 38 heavy (non-hydrogen) atoms. The number of unbranched alkanes of at least 4 members (excludes halogenated alkanes) is 2. The SMILES string of the molecule is COc1ccc2c(c1)CCC(NCCCCCNS(=O)(=O)c1ccc3ccccc3c1)C2c1ccccc1. The minimum absolute atomic E-state index is 0.305. The van der Waals surface area contributed by atoms with Crippen molar-refractivity contribution in [1.82, 2.24) is 10.0 Å². The lowest BCUT2D eigenvalue weighted by molar-refractivity contribution is 0.401. The molecule has 0 bridgehead atoms. The molecule has 1 aliphatic carbocycles. The standard InChI is InChI=1S/C32H36N2O3S/c1-37-28-16-18-30-27(22-28)15-19-31(32(30)25-11-4-2-5-12-25)33-20-8-3-9-21-34-38(35,36)29-17-14-24-10-6-7-13-26(24)23-29/h2,4-7,10-14,16-18,22-23,31-34H,3,8-9,15,19-21H2,1H3. The molecule has 4 aromatic carbocycles. The lowest BCUT2D eigenvalue weighted by atomic mass is 9.75. The molecule has 4 aromatic rings. The van der Waals surface area contributed by atoms with Crippen LogP contribution in [-0.2, 0) is 16.4 Å². The first kappa shape index (κ1) is 26.4. The van der Waals surface area contributed by atoms with Crippen molar-refractivity contribution in [1.29, 1.82) is 0 Å². The molecule has 198 valence electrons. The Bertz CT molecular complexity index is 1470. The van der Waals surface area contributed by atoms with E-state index in [-0.39, 0.29) is 0 Å². The molecule has 0 radical (unpaired) electrons. The molecule has 0 heterocycles. The minimum Gasteiger partial charge on any atom is -0.497 e. The van der Waals surface area contributed by atoms with E-state index in [0.29, 0.717) is 23.4 Å². The van der Waals surface area contributed by atoms with Gasteiger partial charge in [0, 0.05) is 18.5 Å². The van der Waals surface area contributed by atoms with Crippen LogP contribution in [0.4, 0.5) is 0 Å². The van der Waals surface area contributed by atoms with Crippen LogP contribution >= 0.6 is 0 Å². The fourth-order valence-electron chi connectivity index (χ4n) is 5.55. The summed E-state index contributed by atoms with van der Waals surface area (Å²) in [7, 11) is -1.79. The van der Waals surface area contributed by atoms with Crippen LogP contribution < -0.4 is 14.8 Å². The average molecular weight is 529 g/mol. The highest BCUT2D eigenvalue weighted by Gasteiger charge is 2.30. The number of nitrogens with one attached hydrogen (secondary N) is 2. The van der Waals surface area contributed by atoms with Crippen molar-refractivity contribution < 1.29 is 13.2 Å². The summed E-state index contributed by atoms with van der Waals surface area (Å²) < 4.78 is 33.7. The van der Waals surface area contributed by atoms with E-state index in [1.165, 1.54) is 16.7 Å². The number of benzene rings is 4. The van der Waals surface area contributed by atoms with Gasteiger partial charge in [0.05, 0.1) is 12.0 Å². The van der Waals surface area contributed by atoms with Crippen LogP contribution in [0.2, 0.25) is 0 Å². The Morgan fingerprint density at radius 2 is 1.58 bits per heavy atom. The molecule has 0 fully saturated rings. The number of sulfonamides is 1. The van der Waals surface area contributed by atoms with Crippen LogP contribution in [0.3, 0.4) is 0 Å². The molecule has 6 heteroatoms. The summed E-state index contributed by atoms with van der Waals surface area (Å²) in [4.78, 5) is 0.319. The highest BCUT2D eigenvalue weighted by atomic mass is 32.2. The van der Waals surface area contributed by atoms with Gasteiger partial charge in [-0.25, -0.2) is 13.1 Å². The highest BCUT2D eigenvalue weighted by Crippen LogP contribution is 2.38. The molecule has 0 aliphatic heterocycles. The Kier molecular flexibility index (Phi) is 8.42. The topological polar surface area (TPSA) is 67.4 Å². The average Bonchev–Trinajstić information content (AvgIpc) is 2.96. The summed E-state index contributed by atoms with van der Waals surface area (Å²) in [5.41, 5.74) is 4.08. The first-order chi connectivity index (χ1) is 18.5. The first-order valence-corrected chi connectivity index (χ1v) is 15.0. The molecule has 0 aromatic heterocycles. The van der Waals surface area contributed by atoms with Gasteiger partial charge in [0.2, 0.25) is 10.0 Å². The second kappa shape index (κ2) is 12.1. The lowest BCUT2D eigenvalue weighted by Gasteiger charge is -2.35. The Hall–Kier alpha value is -3.19. The van der Waals surface area contributed by atoms with E-state index in [2.05, 4.69) is 58.6 Å². The van der Waals surface area contributed by atoms with Gasteiger partial charge >= 0.3 is 0 Å². The minimum atomic E-state index is -3.51. The highest BCUT2D eigenvalue weighted by molar-refractivity contribution is 7.89. The van der Waals surface area contributed by atoms with Gasteiger partial charge in [0.15, 0.2) is 0 Å². The van der Waals surface area contributed by atoms with E-state index < -0.39 is 10.0 Å². The van der Waals surface area contributed by atoms with Crippen LogP contribution in [0.5, 0.6) is 5.75 Å². The van der Waals surface area contributed by atoms with E-state index in [4.69, 9.17) is 4.74 Å². The number of hydrogen-bond acceptors (Lipinski definition) is 4. The van der Waals surface area contributed by atoms with Crippen molar-refractivity contribution in [3.63, 3.8) is 0 Å². The third kappa shape index (κ3) is 6.09. The normalized spacial score (nSPS) is 17.3. The van der Waals surface area contributed by atoms with Crippen LogP contribution in [0, 0.1) is 0 Å². The van der Waals surface area contributed by atoms with Crippen molar-refractivity contribution in [2.24, 2.45) is 0 Å². The van der Waals surface area contributed by atoms with Crippen molar-refractivity contribution in [3.8, 4) is 5.75 Å². The zero-order chi connectivity index (χ0) is 26.4. The van der Waals surface area contributed by atoms with E-state index >= 15 is 0 Å². The number of methoxy groups -OCH3 is 1. The summed E-state index contributed by atoms with van der Waals surface area (Å²) in [5.74, 6) is 1.22. The second-order valence-electron chi connectivity index (χ2n) is 10.0. The van der Waals surface area contributed by atoms with Gasteiger partial charge in [-0.3, -0.25) is 0 Å². The van der Waals surface area contributed by atoms with Gasteiger partial charge in [-0.05, 0) is 84.0 Å². The maximum absolute atomic E-state index is 12.8. The molecule has 0 saturated heterocycles. The third-order valence-electron chi connectivity index (χ3n) is 7.55. The van der Waals surface area contributed by atoms with Crippen LogP contribution in [0.1, 0.15) is 48.3 Å². The van der Waals surface area contributed by atoms with Gasteiger partial charge in [0.25, 0.3) is 0 Å². The maximum Gasteiger partial charge on any atom is 0.240 e. The zero-order valence-corrected chi connectivity index (χ0v) is 22.7. The fraction of sp³-hybridized carbons (Fsp3) is 0.312. The Balaban J connectivity index is 1.12. The van der Waals surface area contributed by atoms with Crippen molar-refractivity contribution in [2.45, 2.75) is 49.0 Å². The zero-order valence-electron chi connectivity index (χ0n) is 21.9. The number of hydrogen-bond donors (Lipinski definition) is 2. The van der Waals surface area contributed by atoms with Gasteiger partial charge in [-0.2, -0.15) is 0 Å². The maximum atomic E-state index is 12.8. The molecule has 5 rings (SSSR count). The largest absolute Gasteiger partial charge is 0.497 e. The summed E-state index contributed by atoms with van der Waals surface area (Å²) in [5, 5.41) is 5.79. The van der Waals surface area contributed by atoms with Crippen LogP contribution in [0.15, 0.2) is 95.9 Å². The lowest BCUT2D eigenvalue weighted by Crippen LogP contribution is -2.39. The Morgan fingerprint density at radius 1 is 0.816 bits per heavy atom. The molecule has 2 unspecified atom stereocenters. The van der Waals surface area contributed by atoms with Gasteiger partial charge < -0.3 is 10.1 Å². The molecule has 0 saturated carbocycles. The monoisotopic (exact) mass is 528 g/mol. The van der Waals surface area contributed by atoms with E-state index in [1.807, 2.05) is 30.3 Å². The van der Waals surface area contributed by atoms with Gasteiger partial charge in [-0.15, -0.1) is 0 Å². The predicted molar refractivity (Wildman–Crippen MR) is 154 cm³/mol. The summed E-state index contributed by atoms with van der Waals surface area (Å²) in [6.45, 7) is 1.36. The third-order valence-corrected chi connectivity index (χ3v) is 9.01. The summed E-state index contributed by atoms with van der Waals surface area (Å²) in [6.07, 6.45) is 4.88. The Morgan fingerprint density at radius 3 is 2.39 bits per heavy atom.